The summed E-state index contributed by atoms with van der Waals surface area (Å²) >= 11 is 0. The lowest BCUT2D eigenvalue weighted by molar-refractivity contribution is -0.125. The molecule has 1 amide bonds. The lowest BCUT2D eigenvalue weighted by Gasteiger charge is -2.34. The van der Waals surface area contributed by atoms with E-state index in [0.29, 0.717) is 6.04 Å². The number of carbonyl (C=O) groups excluding carboxylic acids is 1. The summed E-state index contributed by atoms with van der Waals surface area (Å²) in [5.74, 6) is 0.369. The molecule has 21 heavy (non-hydrogen) atoms. The first-order chi connectivity index (χ1) is 10.2. The molecule has 1 aromatic carbocycles. The number of para-hydroxylation sites is 1. The van der Waals surface area contributed by atoms with Gasteiger partial charge >= 0.3 is 0 Å². The molecule has 0 bridgehead atoms. The van der Waals surface area contributed by atoms with Crippen LogP contribution in [0.2, 0.25) is 0 Å². The fraction of sp³-hybridized carbons (Fsp3) is 0.588. The predicted molar refractivity (Wildman–Crippen MR) is 85.1 cm³/mol. The minimum atomic E-state index is 0.146. The van der Waals surface area contributed by atoms with Crippen LogP contribution in [0.25, 0.3) is 0 Å². The highest BCUT2D eigenvalue weighted by Gasteiger charge is 2.29. The van der Waals surface area contributed by atoms with E-state index in [0.717, 1.165) is 45.2 Å². The van der Waals surface area contributed by atoms with E-state index in [2.05, 4.69) is 34.5 Å². The molecule has 1 heterocycles. The number of rotatable bonds is 3. The Bertz CT molecular complexity index is 468. The average Bonchev–Trinajstić information content (AvgIpc) is 2.96. The van der Waals surface area contributed by atoms with Crippen molar-refractivity contribution in [3.63, 3.8) is 0 Å². The van der Waals surface area contributed by atoms with Crippen molar-refractivity contribution in [2.75, 3.05) is 18.0 Å². The van der Waals surface area contributed by atoms with Crippen LogP contribution in [0, 0.1) is 5.92 Å². The molecule has 2 atom stereocenters. The van der Waals surface area contributed by atoms with Gasteiger partial charge in [-0.3, -0.25) is 4.79 Å². The standard InChI is InChI=1S/C17H25N3O/c18-14-7-6-13(12-14)17(21)19-15-8-10-20(11-9-15)16-4-2-1-3-5-16/h1-5,13-15H,6-12,18H2,(H,19,21). The number of piperidine rings is 1. The van der Waals surface area contributed by atoms with Gasteiger partial charge in [0.25, 0.3) is 0 Å². The zero-order valence-corrected chi connectivity index (χ0v) is 12.5. The number of nitrogens with two attached hydrogens (primary N) is 1. The van der Waals surface area contributed by atoms with E-state index in [-0.39, 0.29) is 17.9 Å². The fourth-order valence-corrected chi connectivity index (χ4v) is 3.49. The number of carbonyl (C=O) groups is 1. The van der Waals surface area contributed by atoms with Crippen LogP contribution in [-0.2, 0) is 4.79 Å². The van der Waals surface area contributed by atoms with Crippen LogP contribution in [-0.4, -0.2) is 31.1 Å². The topological polar surface area (TPSA) is 58.4 Å². The van der Waals surface area contributed by atoms with Gasteiger partial charge in [-0.25, -0.2) is 0 Å². The molecular formula is C17H25N3O. The molecule has 2 unspecified atom stereocenters. The maximum absolute atomic E-state index is 12.2. The molecule has 4 heteroatoms. The van der Waals surface area contributed by atoms with Gasteiger partial charge in [-0.15, -0.1) is 0 Å². The number of nitrogens with zero attached hydrogens (tertiary/aromatic N) is 1. The zero-order valence-electron chi connectivity index (χ0n) is 12.5. The SMILES string of the molecule is NC1CCC(C(=O)NC2CCN(c3ccccc3)CC2)C1. The molecular weight excluding hydrogens is 262 g/mol. The van der Waals surface area contributed by atoms with Crippen LogP contribution in [0.15, 0.2) is 30.3 Å². The maximum Gasteiger partial charge on any atom is 0.223 e. The maximum atomic E-state index is 12.2. The number of benzene rings is 1. The first-order valence-corrected chi connectivity index (χ1v) is 8.08. The van der Waals surface area contributed by atoms with Crippen molar-refractivity contribution in [3.05, 3.63) is 30.3 Å². The van der Waals surface area contributed by atoms with E-state index in [1.54, 1.807) is 0 Å². The summed E-state index contributed by atoms with van der Waals surface area (Å²) < 4.78 is 0. The first kappa shape index (κ1) is 14.4. The highest BCUT2D eigenvalue weighted by Crippen LogP contribution is 2.25. The normalized spacial score (nSPS) is 26.8. The van der Waals surface area contributed by atoms with Crippen LogP contribution in [0.4, 0.5) is 5.69 Å². The summed E-state index contributed by atoms with van der Waals surface area (Å²) in [7, 11) is 0. The van der Waals surface area contributed by atoms with Crippen LogP contribution < -0.4 is 16.0 Å². The first-order valence-electron chi connectivity index (χ1n) is 8.08. The quantitative estimate of drug-likeness (QED) is 0.892. The van der Waals surface area contributed by atoms with Crippen molar-refractivity contribution in [1.29, 1.82) is 0 Å². The molecule has 0 spiro atoms. The lowest BCUT2D eigenvalue weighted by atomic mass is 10.0. The Hall–Kier alpha value is -1.55. The number of hydrogen-bond acceptors (Lipinski definition) is 3. The molecule has 1 saturated heterocycles. The molecule has 2 aliphatic rings. The van der Waals surface area contributed by atoms with Gasteiger partial charge < -0.3 is 16.0 Å². The summed E-state index contributed by atoms with van der Waals surface area (Å²) in [4.78, 5) is 14.6. The van der Waals surface area contributed by atoms with Gasteiger partial charge in [0, 0.05) is 36.8 Å². The zero-order chi connectivity index (χ0) is 14.7. The van der Waals surface area contributed by atoms with Gasteiger partial charge in [-0.2, -0.15) is 0 Å². The Morgan fingerprint density at radius 3 is 2.43 bits per heavy atom. The second-order valence-electron chi connectivity index (χ2n) is 6.38. The summed E-state index contributed by atoms with van der Waals surface area (Å²) in [6.07, 6.45) is 4.86. The average molecular weight is 287 g/mol. The van der Waals surface area contributed by atoms with Crippen molar-refractivity contribution in [2.24, 2.45) is 11.7 Å². The second kappa shape index (κ2) is 6.48. The van der Waals surface area contributed by atoms with Crippen molar-refractivity contribution in [1.82, 2.24) is 5.32 Å². The fourth-order valence-electron chi connectivity index (χ4n) is 3.49. The minimum Gasteiger partial charge on any atom is -0.371 e. The molecule has 114 valence electrons. The largest absolute Gasteiger partial charge is 0.371 e. The van der Waals surface area contributed by atoms with Crippen molar-refractivity contribution in [2.45, 2.75) is 44.2 Å². The van der Waals surface area contributed by atoms with Crippen molar-refractivity contribution < 1.29 is 4.79 Å². The van der Waals surface area contributed by atoms with E-state index in [1.807, 2.05) is 6.07 Å². The van der Waals surface area contributed by atoms with Gasteiger partial charge in [-0.1, -0.05) is 18.2 Å². The van der Waals surface area contributed by atoms with Crippen LogP contribution >= 0.6 is 0 Å². The Balaban J connectivity index is 1.47. The molecule has 1 aromatic rings. The van der Waals surface area contributed by atoms with E-state index in [9.17, 15) is 4.79 Å². The van der Waals surface area contributed by atoms with Gasteiger partial charge in [0.1, 0.15) is 0 Å². The van der Waals surface area contributed by atoms with Gasteiger partial charge in [0.15, 0.2) is 0 Å². The lowest BCUT2D eigenvalue weighted by Crippen LogP contribution is -2.46. The van der Waals surface area contributed by atoms with Crippen LogP contribution in [0.3, 0.4) is 0 Å². The van der Waals surface area contributed by atoms with Gasteiger partial charge in [0.2, 0.25) is 5.91 Å². The Labute approximate surface area is 126 Å². The molecule has 2 fully saturated rings. The third kappa shape index (κ3) is 3.56. The number of nitrogens with one attached hydrogen (secondary N) is 1. The summed E-state index contributed by atoms with van der Waals surface area (Å²) in [5, 5.41) is 3.23. The summed E-state index contributed by atoms with van der Waals surface area (Å²) in [5.41, 5.74) is 7.17. The molecule has 1 aliphatic heterocycles. The summed E-state index contributed by atoms with van der Waals surface area (Å²) in [6.45, 7) is 2.03. The monoisotopic (exact) mass is 287 g/mol. The molecule has 3 N–H and O–H groups in total. The number of hydrogen-bond donors (Lipinski definition) is 2. The van der Waals surface area contributed by atoms with E-state index >= 15 is 0 Å². The molecule has 3 rings (SSSR count). The van der Waals surface area contributed by atoms with Crippen LogP contribution in [0.5, 0.6) is 0 Å². The highest BCUT2D eigenvalue weighted by molar-refractivity contribution is 5.79. The predicted octanol–water partition coefficient (Wildman–Crippen LogP) is 1.90. The van der Waals surface area contributed by atoms with Gasteiger partial charge in [0.05, 0.1) is 0 Å². The number of anilines is 1. The molecule has 4 nitrogen and oxygen atoms in total. The van der Waals surface area contributed by atoms with Crippen molar-refractivity contribution >= 4 is 11.6 Å². The smallest absolute Gasteiger partial charge is 0.223 e. The Kier molecular flexibility index (Phi) is 4.44. The minimum absolute atomic E-state index is 0.146. The van der Waals surface area contributed by atoms with Crippen molar-refractivity contribution in [3.8, 4) is 0 Å². The Morgan fingerprint density at radius 2 is 1.81 bits per heavy atom. The summed E-state index contributed by atoms with van der Waals surface area (Å²) in [6, 6.07) is 11.1. The van der Waals surface area contributed by atoms with E-state index in [4.69, 9.17) is 5.73 Å². The third-order valence-corrected chi connectivity index (χ3v) is 4.81. The van der Waals surface area contributed by atoms with E-state index < -0.39 is 0 Å². The Morgan fingerprint density at radius 1 is 1.10 bits per heavy atom. The van der Waals surface area contributed by atoms with E-state index in [1.165, 1.54) is 5.69 Å². The van der Waals surface area contributed by atoms with Crippen LogP contribution in [0.1, 0.15) is 32.1 Å². The molecule has 1 saturated carbocycles. The highest BCUT2D eigenvalue weighted by atomic mass is 16.1. The molecule has 0 aromatic heterocycles. The third-order valence-electron chi connectivity index (χ3n) is 4.81. The molecule has 1 aliphatic carbocycles. The van der Waals surface area contributed by atoms with Gasteiger partial charge in [-0.05, 0) is 44.2 Å². The second-order valence-corrected chi connectivity index (χ2v) is 6.38. The number of amides is 1. The molecule has 0 radical (unpaired) electrons.